The molecular weight excluding hydrogens is 476 g/mol. The number of nitrogens with one attached hydrogen (secondary N) is 2. The molecule has 0 saturated heterocycles. The van der Waals surface area contributed by atoms with Crippen molar-refractivity contribution in [1.82, 2.24) is 15.5 Å². The second-order valence-corrected chi connectivity index (χ2v) is 10.3. The lowest BCUT2D eigenvalue weighted by Crippen LogP contribution is -2.54. The van der Waals surface area contributed by atoms with Crippen LogP contribution in [0.25, 0.3) is 0 Å². The number of rotatable bonds is 14. The van der Waals surface area contributed by atoms with E-state index in [0.29, 0.717) is 12.1 Å². The van der Waals surface area contributed by atoms with E-state index in [0.717, 1.165) is 30.4 Å². The van der Waals surface area contributed by atoms with Crippen molar-refractivity contribution >= 4 is 23.8 Å². The van der Waals surface area contributed by atoms with Crippen LogP contribution in [0.3, 0.4) is 0 Å². The van der Waals surface area contributed by atoms with Gasteiger partial charge in [0.2, 0.25) is 17.7 Å². The number of hydrogen-bond donors (Lipinski definition) is 4. The standard InChI is InChI=1S/C27H44N4O6/c1-7-8-9-12-29-24(34)23(20-16-18(2)15-19(3)17-20)31(13-14-32)25(35)21(10-11-22(28)33)30-26(36)37-27(4,5)6/h15-17,21,23,32H,7-14H2,1-6H3,(H2,28,33)(H,29,34)(H,30,36). The van der Waals surface area contributed by atoms with Crippen molar-refractivity contribution in [3.05, 3.63) is 34.9 Å². The third-order valence-electron chi connectivity index (χ3n) is 5.49. The van der Waals surface area contributed by atoms with Gasteiger partial charge in [0.15, 0.2) is 0 Å². The minimum absolute atomic E-state index is 0.0903. The third-order valence-corrected chi connectivity index (χ3v) is 5.49. The smallest absolute Gasteiger partial charge is 0.408 e. The Balaban J connectivity index is 3.43. The van der Waals surface area contributed by atoms with Crippen molar-refractivity contribution < 1.29 is 29.0 Å². The largest absolute Gasteiger partial charge is 0.444 e. The van der Waals surface area contributed by atoms with Crippen molar-refractivity contribution in [3.8, 4) is 0 Å². The maximum Gasteiger partial charge on any atom is 0.408 e. The number of carbonyl (C=O) groups is 4. The van der Waals surface area contributed by atoms with E-state index in [1.54, 1.807) is 20.8 Å². The van der Waals surface area contributed by atoms with E-state index in [1.807, 2.05) is 32.0 Å². The van der Waals surface area contributed by atoms with Crippen LogP contribution in [-0.2, 0) is 19.1 Å². The summed E-state index contributed by atoms with van der Waals surface area (Å²) in [7, 11) is 0. The number of alkyl carbamates (subject to hydrolysis) is 1. The van der Waals surface area contributed by atoms with E-state index in [9.17, 15) is 24.3 Å². The molecule has 0 radical (unpaired) electrons. The van der Waals surface area contributed by atoms with E-state index in [-0.39, 0.29) is 19.4 Å². The molecule has 0 bridgehead atoms. The van der Waals surface area contributed by atoms with Crippen LogP contribution in [-0.4, -0.2) is 65.2 Å². The fraction of sp³-hybridized carbons (Fsp3) is 0.630. The summed E-state index contributed by atoms with van der Waals surface area (Å²) in [6.45, 7) is 10.8. The van der Waals surface area contributed by atoms with Gasteiger partial charge < -0.3 is 31.1 Å². The van der Waals surface area contributed by atoms with Crippen molar-refractivity contribution in [2.24, 2.45) is 5.73 Å². The average Bonchev–Trinajstić information content (AvgIpc) is 2.76. The predicted molar refractivity (Wildman–Crippen MR) is 142 cm³/mol. The first kappa shape index (κ1) is 31.9. The molecule has 4 amide bonds. The quantitative estimate of drug-likeness (QED) is 0.277. The number of ether oxygens (including phenoxy) is 1. The van der Waals surface area contributed by atoms with Gasteiger partial charge in [0.05, 0.1) is 6.61 Å². The van der Waals surface area contributed by atoms with Crippen LogP contribution in [0.15, 0.2) is 18.2 Å². The summed E-state index contributed by atoms with van der Waals surface area (Å²) >= 11 is 0. The highest BCUT2D eigenvalue weighted by atomic mass is 16.6. The number of benzene rings is 1. The Hall–Kier alpha value is -3.14. The fourth-order valence-electron chi connectivity index (χ4n) is 3.99. The first-order valence-electron chi connectivity index (χ1n) is 12.8. The average molecular weight is 521 g/mol. The van der Waals surface area contributed by atoms with Crippen molar-refractivity contribution in [1.29, 1.82) is 0 Å². The first-order valence-corrected chi connectivity index (χ1v) is 12.8. The number of unbranched alkanes of at least 4 members (excludes halogenated alkanes) is 2. The highest BCUT2D eigenvalue weighted by Crippen LogP contribution is 2.25. The number of nitrogens with two attached hydrogens (primary N) is 1. The van der Waals surface area contributed by atoms with Gasteiger partial charge in [-0.25, -0.2) is 4.79 Å². The molecule has 1 aromatic carbocycles. The number of amides is 4. The third kappa shape index (κ3) is 11.6. The number of hydrogen-bond acceptors (Lipinski definition) is 6. The Morgan fingerprint density at radius 3 is 2.22 bits per heavy atom. The molecule has 0 aliphatic heterocycles. The van der Waals surface area contributed by atoms with E-state index in [4.69, 9.17) is 10.5 Å². The SMILES string of the molecule is CCCCCNC(=O)C(c1cc(C)cc(C)c1)N(CCO)C(=O)C(CCC(N)=O)NC(=O)OC(C)(C)C. The van der Waals surface area contributed by atoms with Gasteiger partial charge in [0, 0.05) is 19.5 Å². The maximum atomic E-state index is 13.8. The minimum atomic E-state index is -1.20. The molecule has 0 saturated carbocycles. The van der Waals surface area contributed by atoms with Gasteiger partial charge in [0.1, 0.15) is 17.7 Å². The van der Waals surface area contributed by atoms with E-state index >= 15 is 0 Å². The number of aliphatic hydroxyl groups excluding tert-OH is 1. The second kappa shape index (κ2) is 15.2. The first-order chi connectivity index (χ1) is 17.3. The normalized spacial score (nSPS) is 12.8. The van der Waals surface area contributed by atoms with E-state index in [2.05, 4.69) is 17.6 Å². The van der Waals surface area contributed by atoms with Crippen LogP contribution in [0.5, 0.6) is 0 Å². The monoisotopic (exact) mass is 520 g/mol. The molecule has 208 valence electrons. The molecule has 2 unspecified atom stereocenters. The van der Waals surface area contributed by atoms with Crippen LogP contribution in [0, 0.1) is 13.8 Å². The van der Waals surface area contributed by atoms with Gasteiger partial charge in [0.25, 0.3) is 0 Å². The maximum absolute atomic E-state index is 13.8. The van der Waals surface area contributed by atoms with E-state index < -0.39 is 48.1 Å². The van der Waals surface area contributed by atoms with Crippen LogP contribution < -0.4 is 16.4 Å². The Bertz CT molecular complexity index is 908. The summed E-state index contributed by atoms with van der Waals surface area (Å²) in [5, 5.41) is 15.3. The summed E-state index contributed by atoms with van der Waals surface area (Å²) < 4.78 is 5.30. The summed E-state index contributed by atoms with van der Waals surface area (Å²) in [4.78, 5) is 52.6. The van der Waals surface area contributed by atoms with Gasteiger partial charge in [-0.1, -0.05) is 49.1 Å². The minimum Gasteiger partial charge on any atom is -0.444 e. The van der Waals surface area contributed by atoms with Crippen LogP contribution in [0.2, 0.25) is 0 Å². The highest BCUT2D eigenvalue weighted by Gasteiger charge is 2.36. The second-order valence-electron chi connectivity index (χ2n) is 10.3. The van der Waals surface area contributed by atoms with Crippen molar-refractivity contribution in [2.45, 2.75) is 91.3 Å². The zero-order valence-corrected chi connectivity index (χ0v) is 23.1. The van der Waals surface area contributed by atoms with Gasteiger partial charge in [-0.2, -0.15) is 0 Å². The molecule has 5 N–H and O–H groups in total. The topological polar surface area (TPSA) is 151 Å². The lowest BCUT2D eigenvalue weighted by molar-refractivity contribution is -0.143. The predicted octanol–water partition coefficient (Wildman–Crippen LogP) is 2.63. The van der Waals surface area contributed by atoms with Crippen LogP contribution in [0.4, 0.5) is 4.79 Å². The van der Waals surface area contributed by atoms with Crippen molar-refractivity contribution in [3.63, 3.8) is 0 Å². The van der Waals surface area contributed by atoms with Crippen molar-refractivity contribution in [2.75, 3.05) is 19.7 Å². The summed E-state index contributed by atoms with van der Waals surface area (Å²) in [6, 6.07) is 3.34. The number of aryl methyl sites for hydroxylation is 2. The molecule has 37 heavy (non-hydrogen) atoms. The lowest BCUT2D eigenvalue weighted by Gasteiger charge is -2.34. The molecule has 1 aromatic rings. The molecule has 2 atom stereocenters. The molecule has 1 rings (SSSR count). The number of primary amides is 1. The Morgan fingerprint density at radius 2 is 1.70 bits per heavy atom. The zero-order valence-electron chi connectivity index (χ0n) is 23.1. The number of aliphatic hydroxyl groups is 1. The lowest BCUT2D eigenvalue weighted by atomic mass is 9.98. The molecule has 0 aromatic heterocycles. The molecule has 0 aliphatic carbocycles. The van der Waals surface area contributed by atoms with Crippen LogP contribution >= 0.6 is 0 Å². The number of nitrogens with zero attached hydrogens (tertiary/aromatic N) is 1. The highest BCUT2D eigenvalue weighted by molar-refractivity contribution is 5.92. The Labute approximate surface area is 220 Å². The molecule has 10 nitrogen and oxygen atoms in total. The number of carbonyl (C=O) groups excluding carboxylic acids is 4. The van der Waals surface area contributed by atoms with Gasteiger partial charge >= 0.3 is 6.09 Å². The molecule has 10 heteroatoms. The summed E-state index contributed by atoms with van der Waals surface area (Å²) in [6.07, 6.45) is 1.62. The summed E-state index contributed by atoms with van der Waals surface area (Å²) in [5.74, 6) is -1.67. The molecule has 0 fully saturated rings. The molecule has 0 heterocycles. The van der Waals surface area contributed by atoms with E-state index in [1.165, 1.54) is 4.90 Å². The van der Waals surface area contributed by atoms with Crippen LogP contribution in [0.1, 0.15) is 82.5 Å². The molecule has 0 spiro atoms. The van der Waals surface area contributed by atoms with Gasteiger partial charge in [-0.15, -0.1) is 0 Å². The molecule has 0 aliphatic rings. The zero-order chi connectivity index (χ0) is 28.2. The Kier molecular flexibility index (Phi) is 13.1. The Morgan fingerprint density at radius 1 is 1.08 bits per heavy atom. The molecular formula is C27H44N4O6. The van der Waals surface area contributed by atoms with Gasteiger partial charge in [-0.05, 0) is 53.0 Å². The fourth-order valence-corrected chi connectivity index (χ4v) is 3.99. The van der Waals surface area contributed by atoms with Gasteiger partial charge in [-0.3, -0.25) is 14.4 Å². The summed E-state index contributed by atoms with van der Waals surface area (Å²) in [5.41, 5.74) is 6.90.